The van der Waals surface area contributed by atoms with Gasteiger partial charge in [-0.05, 0) is 18.3 Å². The van der Waals surface area contributed by atoms with Gasteiger partial charge in [-0.15, -0.1) is 0 Å². The van der Waals surface area contributed by atoms with E-state index in [-0.39, 0.29) is 0 Å². The molecule has 1 atom stereocenters. The van der Waals surface area contributed by atoms with E-state index in [1.165, 1.54) is 5.57 Å². The maximum absolute atomic E-state index is 5.36. The zero-order chi connectivity index (χ0) is 7.56. The summed E-state index contributed by atoms with van der Waals surface area (Å²) >= 11 is 0. The fourth-order valence-electron chi connectivity index (χ4n) is 1.27. The Kier molecular flexibility index (Phi) is 2.50. The molecular formula is C9H16O. The Morgan fingerprint density at radius 2 is 2.30 bits per heavy atom. The van der Waals surface area contributed by atoms with E-state index < -0.39 is 0 Å². The van der Waals surface area contributed by atoms with Crippen LogP contribution >= 0.6 is 0 Å². The highest BCUT2D eigenvalue weighted by Crippen LogP contribution is 2.23. The van der Waals surface area contributed by atoms with Crippen molar-refractivity contribution in [2.24, 2.45) is 11.8 Å². The second-order valence-electron chi connectivity index (χ2n) is 3.47. The van der Waals surface area contributed by atoms with Gasteiger partial charge in [-0.3, -0.25) is 0 Å². The summed E-state index contributed by atoms with van der Waals surface area (Å²) in [5, 5.41) is 0. The van der Waals surface area contributed by atoms with E-state index in [4.69, 9.17) is 4.74 Å². The van der Waals surface area contributed by atoms with Crippen molar-refractivity contribution in [2.45, 2.75) is 20.3 Å². The van der Waals surface area contributed by atoms with Crippen LogP contribution in [0.3, 0.4) is 0 Å². The predicted octanol–water partition coefficient (Wildman–Crippen LogP) is 2.24. The van der Waals surface area contributed by atoms with Gasteiger partial charge in [0.25, 0.3) is 0 Å². The van der Waals surface area contributed by atoms with Crippen LogP contribution in [0.5, 0.6) is 0 Å². The van der Waals surface area contributed by atoms with Crippen molar-refractivity contribution in [3.05, 3.63) is 12.2 Å². The van der Waals surface area contributed by atoms with Gasteiger partial charge in [0.1, 0.15) is 0 Å². The topological polar surface area (TPSA) is 9.23 Å². The van der Waals surface area contributed by atoms with Gasteiger partial charge in [-0.2, -0.15) is 0 Å². The second kappa shape index (κ2) is 3.20. The van der Waals surface area contributed by atoms with Crippen molar-refractivity contribution in [3.8, 4) is 0 Å². The molecule has 1 aliphatic heterocycles. The van der Waals surface area contributed by atoms with Gasteiger partial charge in [0.2, 0.25) is 0 Å². The zero-order valence-electron chi connectivity index (χ0n) is 6.89. The lowest BCUT2D eigenvalue weighted by Crippen LogP contribution is -2.23. The van der Waals surface area contributed by atoms with E-state index in [1.807, 2.05) is 0 Å². The Morgan fingerprint density at radius 3 is 2.70 bits per heavy atom. The van der Waals surface area contributed by atoms with Crippen molar-refractivity contribution in [2.75, 3.05) is 13.2 Å². The molecule has 1 fully saturated rings. The molecule has 0 aromatic heterocycles. The molecule has 0 radical (unpaired) electrons. The smallest absolute Gasteiger partial charge is 0.0674 e. The highest BCUT2D eigenvalue weighted by Gasteiger charge is 2.18. The van der Waals surface area contributed by atoms with E-state index in [2.05, 4.69) is 20.4 Å². The van der Waals surface area contributed by atoms with Crippen molar-refractivity contribution in [3.63, 3.8) is 0 Å². The molecule has 1 saturated heterocycles. The van der Waals surface area contributed by atoms with Gasteiger partial charge in [0, 0.05) is 0 Å². The Hall–Kier alpha value is -0.300. The molecule has 10 heavy (non-hydrogen) atoms. The summed E-state index contributed by atoms with van der Waals surface area (Å²) in [5.74, 6) is 1.44. The van der Waals surface area contributed by atoms with Gasteiger partial charge >= 0.3 is 0 Å². The summed E-state index contributed by atoms with van der Waals surface area (Å²) in [4.78, 5) is 0. The minimum Gasteiger partial charge on any atom is -0.377 e. The number of rotatable bonds is 1. The first-order valence-electron chi connectivity index (χ1n) is 3.94. The van der Waals surface area contributed by atoms with Gasteiger partial charge in [0.05, 0.1) is 13.2 Å². The van der Waals surface area contributed by atoms with E-state index in [9.17, 15) is 0 Å². The minimum absolute atomic E-state index is 0.709. The van der Waals surface area contributed by atoms with Crippen LogP contribution in [0.15, 0.2) is 12.2 Å². The molecule has 0 amide bonds. The first-order chi connectivity index (χ1) is 4.70. The largest absolute Gasteiger partial charge is 0.377 e. The number of hydrogen-bond acceptors (Lipinski definition) is 1. The van der Waals surface area contributed by atoms with E-state index in [1.54, 1.807) is 0 Å². The van der Waals surface area contributed by atoms with Crippen LogP contribution in [-0.4, -0.2) is 13.2 Å². The van der Waals surface area contributed by atoms with Crippen LogP contribution in [0.2, 0.25) is 0 Å². The molecular weight excluding hydrogens is 124 g/mol. The Bertz CT molecular complexity index is 127. The quantitative estimate of drug-likeness (QED) is 0.507. The third-order valence-corrected chi connectivity index (χ3v) is 2.13. The maximum atomic E-state index is 5.36. The highest BCUT2D eigenvalue weighted by molar-refractivity contribution is 4.99. The predicted molar refractivity (Wildman–Crippen MR) is 42.9 cm³/mol. The van der Waals surface area contributed by atoms with Crippen LogP contribution in [0.25, 0.3) is 0 Å². The molecule has 1 rings (SSSR count). The molecule has 0 N–H and O–H groups in total. The molecule has 0 bridgehead atoms. The SMILES string of the molecule is C=C1COCC(C(C)C)C1. The summed E-state index contributed by atoms with van der Waals surface area (Å²) < 4.78 is 5.36. The minimum atomic E-state index is 0.709. The van der Waals surface area contributed by atoms with Gasteiger partial charge in [-0.25, -0.2) is 0 Å². The van der Waals surface area contributed by atoms with Crippen LogP contribution in [0.1, 0.15) is 20.3 Å². The third kappa shape index (κ3) is 1.84. The average molecular weight is 140 g/mol. The molecule has 0 aromatic rings. The Balaban J connectivity index is 2.39. The van der Waals surface area contributed by atoms with Crippen molar-refractivity contribution in [1.29, 1.82) is 0 Å². The Morgan fingerprint density at radius 1 is 1.60 bits per heavy atom. The normalized spacial score (nSPS) is 27.5. The number of hydrogen-bond donors (Lipinski definition) is 0. The van der Waals surface area contributed by atoms with E-state index in [0.717, 1.165) is 25.6 Å². The molecule has 0 spiro atoms. The monoisotopic (exact) mass is 140 g/mol. The summed E-state index contributed by atoms with van der Waals surface area (Å²) in [6, 6.07) is 0. The Labute approximate surface area is 63.1 Å². The lowest BCUT2D eigenvalue weighted by Gasteiger charge is -2.26. The van der Waals surface area contributed by atoms with Crippen LogP contribution in [-0.2, 0) is 4.74 Å². The molecule has 1 heteroatoms. The molecule has 0 aromatic carbocycles. The summed E-state index contributed by atoms with van der Waals surface area (Å²) in [5.41, 5.74) is 1.25. The van der Waals surface area contributed by atoms with Gasteiger partial charge in [0.15, 0.2) is 0 Å². The molecule has 0 saturated carbocycles. The average Bonchev–Trinajstić information content (AvgIpc) is 1.88. The maximum Gasteiger partial charge on any atom is 0.0674 e. The lowest BCUT2D eigenvalue weighted by molar-refractivity contribution is 0.0691. The van der Waals surface area contributed by atoms with E-state index >= 15 is 0 Å². The zero-order valence-corrected chi connectivity index (χ0v) is 6.89. The van der Waals surface area contributed by atoms with E-state index in [0.29, 0.717) is 5.92 Å². The fourth-order valence-corrected chi connectivity index (χ4v) is 1.27. The molecule has 1 unspecified atom stereocenters. The first kappa shape index (κ1) is 7.80. The molecule has 1 heterocycles. The summed E-state index contributed by atoms with van der Waals surface area (Å²) in [7, 11) is 0. The number of ether oxygens (including phenoxy) is 1. The molecule has 1 aliphatic rings. The van der Waals surface area contributed by atoms with Crippen LogP contribution < -0.4 is 0 Å². The summed E-state index contributed by atoms with van der Waals surface area (Å²) in [6.07, 6.45) is 1.16. The van der Waals surface area contributed by atoms with Gasteiger partial charge in [-0.1, -0.05) is 26.0 Å². The van der Waals surface area contributed by atoms with Crippen LogP contribution in [0.4, 0.5) is 0 Å². The molecule has 0 aliphatic carbocycles. The fraction of sp³-hybridized carbons (Fsp3) is 0.778. The third-order valence-electron chi connectivity index (χ3n) is 2.13. The first-order valence-corrected chi connectivity index (χ1v) is 3.94. The second-order valence-corrected chi connectivity index (χ2v) is 3.47. The molecule has 58 valence electrons. The lowest BCUT2D eigenvalue weighted by atomic mass is 9.89. The highest BCUT2D eigenvalue weighted by atomic mass is 16.5. The van der Waals surface area contributed by atoms with Crippen molar-refractivity contribution >= 4 is 0 Å². The van der Waals surface area contributed by atoms with Crippen LogP contribution in [0, 0.1) is 11.8 Å². The summed E-state index contributed by atoms with van der Waals surface area (Å²) in [6.45, 7) is 10.1. The molecule has 1 nitrogen and oxygen atoms in total. The van der Waals surface area contributed by atoms with Gasteiger partial charge < -0.3 is 4.74 Å². The van der Waals surface area contributed by atoms with Crippen molar-refractivity contribution < 1.29 is 4.74 Å². The van der Waals surface area contributed by atoms with Crippen molar-refractivity contribution in [1.82, 2.24) is 0 Å². The standard InChI is InChI=1S/C9H16O/c1-7(2)9-4-8(3)5-10-6-9/h7,9H,3-6H2,1-2H3.